The lowest BCUT2D eigenvalue weighted by atomic mass is 9.92. The topological polar surface area (TPSA) is 141 Å². The number of fused-ring (bicyclic) bond motifs is 3. The molecule has 3 amide bonds. The van der Waals surface area contributed by atoms with Crippen molar-refractivity contribution < 1.29 is 14.4 Å². The molecule has 0 spiro atoms. The Morgan fingerprint density at radius 3 is 2.36 bits per heavy atom. The summed E-state index contributed by atoms with van der Waals surface area (Å²) in [5, 5.41) is 4.68. The van der Waals surface area contributed by atoms with Crippen LogP contribution in [0.4, 0.5) is 11.4 Å². The Morgan fingerprint density at radius 2 is 1.64 bits per heavy atom. The van der Waals surface area contributed by atoms with Crippen LogP contribution in [0.1, 0.15) is 36.6 Å². The molecule has 6 rings (SSSR count). The van der Waals surface area contributed by atoms with Gasteiger partial charge in [-0.25, -0.2) is 0 Å². The van der Waals surface area contributed by atoms with E-state index in [1.165, 1.54) is 0 Å². The van der Waals surface area contributed by atoms with Crippen LogP contribution >= 0.6 is 0 Å². The van der Waals surface area contributed by atoms with Crippen LogP contribution in [-0.4, -0.2) is 79.8 Å². The quantitative estimate of drug-likeness (QED) is 0.219. The summed E-state index contributed by atoms with van der Waals surface area (Å²) in [5.41, 5.74) is 18.8. The number of nitrogens with two attached hydrogens (primary N) is 2. The summed E-state index contributed by atoms with van der Waals surface area (Å²) in [6.45, 7) is 3.17. The van der Waals surface area contributed by atoms with Crippen molar-refractivity contribution in [3.05, 3.63) is 95.1 Å². The first kappa shape index (κ1) is 29.9. The number of primary amides is 1. The van der Waals surface area contributed by atoms with Gasteiger partial charge in [-0.3, -0.25) is 14.4 Å². The summed E-state index contributed by atoms with van der Waals surface area (Å²) < 4.78 is 0. The molecule has 5 aromatic rings. The number of benzene rings is 4. The number of carbonyl (C=O) groups excluding carboxylic acids is 3. The Morgan fingerprint density at radius 1 is 0.889 bits per heavy atom. The van der Waals surface area contributed by atoms with Crippen molar-refractivity contribution in [1.29, 1.82) is 0 Å². The van der Waals surface area contributed by atoms with Gasteiger partial charge in [0.1, 0.15) is 0 Å². The average Bonchev–Trinajstić information content (AvgIpc) is 3.43. The van der Waals surface area contributed by atoms with Crippen LogP contribution in [0.5, 0.6) is 0 Å². The molecule has 1 aliphatic rings. The Labute approximate surface area is 261 Å². The van der Waals surface area contributed by atoms with E-state index in [0.717, 1.165) is 51.8 Å². The lowest BCUT2D eigenvalue weighted by Gasteiger charge is -2.32. The number of rotatable bonds is 7. The highest BCUT2D eigenvalue weighted by Crippen LogP contribution is 2.39. The largest absolute Gasteiger partial charge is 0.378 e. The van der Waals surface area contributed by atoms with Crippen molar-refractivity contribution in [3.8, 4) is 11.1 Å². The third kappa shape index (κ3) is 5.61. The Hall–Kier alpha value is -5.19. The molecule has 0 bridgehead atoms. The summed E-state index contributed by atoms with van der Waals surface area (Å²) >= 11 is 0. The van der Waals surface area contributed by atoms with Crippen LogP contribution in [0.25, 0.3) is 32.9 Å². The third-order valence-electron chi connectivity index (χ3n) is 8.60. The molecule has 1 fully saturated rings. The molecule has 0 unspecified atom stereocenters. The standard InChI is InChI=1S/C35H37N7O3/c1-40(2)23-7-4-6-21(18-23)34(44)39-29-9-5-8-24(28(29)20-36)25-12-13-27(33(37)43)32-31(25)26-11-10-22(19-30(26)38-32)35(45)42-16-14-41(3)15-17-42/h4-13,18-19,38H,14-17,20,36H2,1-3H3,(H2,37,43)(H,39,44). The maximum absolute atomic E-state index is 13.4. The van der Waals surface area contributed by atoms with Crippen LogP contribution in [0.15, 0.2) is 72.8 Å². The first-order valence-corrected chi connectivity index (χ1v) is 14.9. The van der Waals surface area contributed by atoms with Gasteiger partial charge in [0.15, 0.2) is 0 Å². The molecule has 4 aromatic carbocycles. The molecule has 6 N–H and O–H groups in total. The number of aromatic amines is 1. The summed E-state index contributed by atoms with van der Waals surface area (Å²) in [7, 11) is 5.90. The molecule has 1 aromatic heterocycles. The highest BCUT2D eigenvalue weighted by atomic mass is 16.2. The number of hydrogen-bond acceptors (Lipinski definition) is 6. The fourth-order valence-electron chi connectivity index (χ4n) is 6.06. The monoisotopic (exact) mass is 603 g/mol. The zero-order chi connectivity index (χ0) is 31.8. The number of amides is 3. The molecule has 0 aliphatic carbocycles. The van der Waals surface area contributed by atoms with Crippen molar-refractivity contribution in [3.63, 3.8) is 0 Å². The minimum Gasteiger partial charge on any atom is -0.378 e. The lowest BCUT2D eigenvalue weighted by Crippen LogP contribution is -2.47. The Kier molecular flexibility index (Phi) is 8.01. The molecule has 2 heterocycles. The fourth-order valence-corrected chi connectivity index (χ4v) is 6.06. The van der Waals surface area contributed by atoms with Gasteiger partial charge in [0.2, 0.25) is 0 Å². The molecule has 1 aliphatic heterocycles. The van der Waals surface area contributed by atoms with Crippen molar-refractivity contribution in [1.82, 2.24) is 14.8 Å². The summed E-state index contributed by atoms with van der Waals surface area (Å²) in [4.78, 5) is 48.6. The number of nitrogens with one attached hydrogen (secondary N) is 2. The number of likely N-dealkylation sites (N-methyl/N-ethyl adjacent to an activating group) is 1. The van der Waals surface area contributed by atoms with Gasteiger partial charge in [-0.05, 0) is 66.2 Å². The summed E-state index contributed by atoms with van der Waals surface area (Å²) in [5.74, 6) is -0.833. The van der Waals surface area contributed by atoms with E-state index >= 15 is 0 Å². The highest BCUT2D eigenvalue weighted by Gasteiger charge is 2.23. The van der Waals surface area contributed by atoms with Crippen LogP contribution < -0.4 is 21.7 Å². The molecule has 10 heteroatoms. The number of piperazine rings is 1. The zero-order valence-electron chi connectivity index (χ0n) is 25.7. The van der Waals surface area contributed by atoms with Gasteiger partial charge in [0, 0.05) is 85.6 Å². The second-order valence-electron chi connectivity index (χ2n) is 11.7. The number of aromatic nitrogens is 1. The predicted octanol–water partition coefficient (Wildman–Crippen LogP) is 4.25. The van der Waals surface area contributed by atoms with Gasteiger partial charge in [-0.2, -0.15) is 0 Å². The normalized spacial score (nSPS) is 13.7. The van der Waals surface area contributed by atoms with Crippen molar-refractivity contribution >= 4 is 50.9 Å². The average molecular weight is 604 g/mol. The van der Waals surface area contributed by atoms with Gasteiger partial charge in [0.05, 0.1) is 11.1 Å². The number of carbonyl (C=O) groups is 3. The van der Waals surface area contributed by atoms with E-state index in [4.69, 9.17) is 11.5 Å². The highest BCUT2D eigenvalue weighted by molar-refractivity contribution is 6.20. The molecule has 0 saturated carbocycles. The molecule has 0 atom stereocenters. The summed E-state index contributed by atoms with van der Waals surface area (Å²) in [6, 6.07) is 22.2. The van der Waals surface area contributed by atoms with E-state index in [1.807, 2.05) is 84.6 Å². The van der Waals surface area contributed by atoms with Gasteiger partial charge in [0.25, 0.3) is 17.7 Å². The first-order chi connectivity index (χ1) is 21.7. The number of H-pyrrole nitrogens is 1. The van der Waals surface area contributed by atoms with Crippen molar-refractivity contribution in [2.75, 3.05) is 57.5 Å². The van der Waals surface area contributed by atoms with E-state index in [1.54, 1.807) is 12.1 Å². The van der Waals surface area contributed by atoms with E-state index in [2.05, 4.69) is 22.2 Å². The van der Waals surface area contributed by atoms with Crippen LogP contribution in [0.3, 0.4) is 0 Å². The van der Waals surface area contributed by atoms with E-state index in [0.29, 0.717) is 41.0 Å². The minimum absolute atomic E-state index is 0.0241. The smallest absolute Gasteiger partial charge is 0.255 e. The molecule has 0 radical (unpaired) electrons. The van der Waals surface area contributed by atoms with Gasteiger partial charge < -0.3 is 36.5 Å². The number of nitrogens with zero attached hydrogens (tertiary/aromatic N) is 3. The van der Waals surface area contributed by atoms with Crippen LogP contribution in [0, 0.1) is 0 Å². The van der Waals surface area contributed by atoms with E-state index < -0.39 is 5.91 Å². The van der Waals surface area contributed by atoms with E-state index in [9.17, 15) is 14.4 Å². The summed E-state index contributed by atoms with van der Waals surface area (Å²) in [6.07, 6.45) is 0. The lowest BCUT2D eigenvalue weighted by molar-refractivity contribution is 0.0664. The first-order valence-electron chi connectivity index (χ1n) is 14.9. The van der Waals surface area contributed by atoms with Gasteiger partial charge in [-0.1, -0.05) is 30.3 Å². The van der Waals surface area contributed by atoms with Crippen molar-refractivity contribution in [2.24, 2.45) is 11.5 Å². The van der Waals surface area contributed by atoms with Gasteiger partial charge >= 0.3 is 0 Å². The second-order valence-corrected chi connectivity index (χ2v) is 11.7. The SMILES string of the molecule is CN1CCN(C(=O)c2ccc3c(c2)[nH]c2c(C(N)=O)ccc(-c4cccc(NC(=O)c5cccc(N(C)C)c5)c4CN)c23)CC1. The molecule has 10 nitrogen and oxygen atoms in total. The molecular weight excluding hydrogens is 566 g/mol. The predicted molar refractivity (Wildman–Crippen MR) is 180 cm³/mol. The maximum atomic E-state index is 13.4. The molecule has 1 saturated heterocycles. The Bertz CT molecular complexity index is 1950. The minimum atomic E-state index is -0.563. The third-order valence-corrected chi connectivity index (χ3v) is 8.60. The number of hydrogen-bond donors (Lipinski definition) is 4. The van der Waals surface area contributed by atoms with Crippen molar-refractivity contribution in [2.45, 2.75) is 6.54 Å². The second kappa shape index (κ2) is 12.1. The number of anilines is 2. The Balaban J connectivity index is 1.44. The molecule has 230 valence electrons. The van der Waals surface area contributed by atoms with Gasteiger partial charge in [-0.15, -0.1) is 0 Å². The maximum Gasteiger partial charge on any atom is 0.255 e. The van der Waals surface area contributed by atoms with Crippen LogP contribution in [0.2, 0.25) is 0 Å². The molecule has 45 heavy (non-hydrogen) atoms. The zero-order valence-corrected chi connectivity index (χ0v) is 25.7. The van der Waals surface area contributed by atoms with E-state index in [-0.39, 0.29) is 18.4 Å². The van der Waals surface area contributed by atoms with Crippen LogP contribution in [-0.2, 0) is 6.54 Å². The fraction of sp³-hybridized carbons (Fsp3) is 0.229. The molecular formula is C35H37N7O3.